The van der Waals surface area contributed by atoms with Gasteiger partial charge in [-0.3, -0.25) is 33.8 Å². The number of aromatic nitrogens is 1. The molecule has 2 aromatic carbocycles. The Morgan fingerprint density at radius 1 is 0.811 bits per heavy atom. The van der Waals surface area contributed by atoms with E-state index >= 15 is 0 Å². The Kier molecular flexibility index (Phi) is 21.5. The number of imide groups is 3. The molecule has 3 aromatic rings. The first-order chi connectivity index (χ1) is 35.9. The Hall–Kier alpha value is -5.62. The normalized spacial score (nSPS) is 19.9. The minimum Gasteiger partial charge on any atom is -0.493 e. The summed E-state index contributed by atoms with van der Waals surface area (Å²) in [6.45, 7) is 7.37. The number of ether oxygens (including phenoxy) is 4. The van der Waals surface area contributed by atoms with Crippen LogP contribution in [0.1, 0.15) is 91.5 Å². The third-order valence-corrected chi connectivity index (χ3v) is 15.6. The van der Waals surface area contributed by atoms with Gasteiger partial charge in [-0.05, 0) is 92.5 Å². The molecule has 1 aromatic heterocycles. The van der Waals surface area contributed by atoms with Crippen LogP contribution in [-0.2, 0) is 58.3 Å². The standard InChI is InChI=1S/C52H69N9O11S2/c1-3-34-10-17-38(55-32-34)20-25-72-39-18-11-35(12-19-39)30-43-49(66)61(51(68)74-43)45(63)31-40(56-47(64)36-13-15-37(16-14-36)52(2)59-60-52)48(65)54-22-7-24-70-27-29-71-28-26-69-23-6-21-53-44(62)9-5-4-8-42-46-41(33-73-42)57-50(67)58-46/h10-19,32,40-43,46,59-60H,3-9,20-31,33H2,1-2H3,(H,53,62)(H,54,65)(H,56,64)(H2,57,58,67)/t40-,41+,42+,43?,46+/m1/s1. The number of nitrogens with one attached hydrogen (secondary N) is 7. The van der Waals surface area contributed by atoms with Gasteiger partial charge in [-0.1, -0.05) is 55.4 Å². The van der Waals surface area contributed by atoms with E-state index < -0.39 is 52.2 Å². The van der Waals surface area contributed by atoms with E-state index in [1.165, 1.54) is 5.56 Å². The number of unbranched alkanes of at least 4 members (excludes halogenated alkanes) is 1. The molecule has 22 heteroatoms. The molecule has 74 heavy (non-hydrogen) atoms. The van der Waals surface area contributed by atoms with Gasteiger partial charge in [0.2, 0.25) is 17.7 Å². The lowest BCUT2D eigenvalue weighted by Crippen LogP contribution is -2.50. The van der Waals surface area contributed by atoms with Gasteiger partial charge in [0.25, 0.3) is 17.1 Å². The Morgan fingerprint density at radius 3 is 2.18 bits per heavy atom. The Bertz CT molecular complexity index is 2380. The van der Waals surface area contributed by atoms with Gasteiger partial charge in [-0.25, -0.2) is 20.5 Å². The minimum absolute atomic E-state index is 0.0311. The van der Waals surface area contributed by atoms with Crippen LogP contribution in [0.25, 0.3) is 0 Å². The van der Waals surface area contributed by atoms with Crippen molar-refractivity contribution in [1.82, 2.24) is 47.3 Å². The largest absolute Gasteiger partial charge is 0.493 e. The van der Waals surface area contributed by atoms with Crippen LogP contribution < -0.4 is 42.2 Å². The molecule has 0 spiro atoms. The van der Waals surface area contributed by atoms with Crippen molar-refractivity contribution < 1.29 is 52.5 Å². The second kappa shape index (κ2) is 28.3. The highest BCUT2D eigenvalue weighted by Gasteiger charge is 2.45. The number of pyridine rings is 1. The topological polar surface area (TPSA) is 277 Å². The Labute approximate surface area is 440 Å². The Balaban J connectivity index is 0.760. The first-order valence-corrected chi connectivity index (χ1v) is 27.5. The number of thioether (sulfide) groups is 2. The highest BCUT2D eigenvalue weighted by molar-refractivity contribution is 8.15. The number of hydrogen-bond acceptors (Lipinski definition) is 16. The second-order valence-electron chi connectivity index (χ2n) is 18.6. The summed E-state index contributed by atoms with van der Waals surface area (Å²) in [7, 11) is 0. The number of rotatable bonds is 32. The van der Waals surface area contributed by atoms with Crippen molar-refractivity contribution >= 4 is 64.3 Å². The average molecular weight is 1060 g/mol. The molecular formula is C52H69N9O11S2. The van der Waals surface area contributed by atoms with Crippen LogP contribution in [0.3, 0.4) is 0 Å². The van der Waals surface area contributed by atoms with Crippen LogP contribution >= 0.6 is 23.5 Å². The minimum atomic E-state index is -1.40. The molecule has 0 saturated carbocycles. The van der Waals surface area contributed by atoms with Gasteiger partial charge in [0.1, 0.15) is 17.5 Å². The molecule has 4 fully saturated rings. The third-order valence-electron chi connectivity index (χ3n) is 13.0. The van der Waals surface area contributed by atoms with Gasteiger partial charge < -0.3 is 45.5 Å². The molecule has 5 atom stereocenters. The maximum Gasteiger partial charge on any atom is 0.315 e. The zero-order chi connectivity index (χ0) is 52.3. The van der Waals surface area contributed by atoms with Crippen molar-refractivity contribution in [1.29, 1.82) is 0 Å². The predicted molar refractivity (Wildman–Crippen MR) is 279 cm³/mol. The van der Waals surface area contributed by atoms with Crippen molar-refractivity contribution in [3.63, 3.8) is 0 Å². The zero-order valence-electron chi connectivity index (χ0n) is 42.1. The van der Waals surface area contributed by atoms with Crippen molar-refractivity contribution in [2.45, 2.75) is 112 Å². The molecule has 5 heterocycles. The molecular weight excluding hydrogens is 991 g/mol. The summed E-state index contributed by atoms with van der Waals surface area (Å²) in [6, 6.07) is 16.9. The van der Waals surface area contributed by atoms with Crippen LogP contribution in [0.15, 0.2) is 66.9 Å². The number of nitrogens with zero attached hydrogens (tertiary/aromatic N) is 2. The third kappa shape index (κ3) is 17.0. The first kappa shape index (κ1) is 56.1. The number of amides is 8. The molecule has 0 aliphatic carbocycles. The number of fused-ring (bicyclic) bond motifs is 1. The van der Waals surface area contributed by atoms with E-state index in [0.29, 0.717) is 94.4 Å². The zero-order valence-corrected chi connectivity index (χ0v) is 43.7. The highest BCUT2D eigenvalue weighted by atomic mass is 32.2. The Morgan fingerprint density at radius 2 is 1.50 bits per heavy atom. The van der Waals surface area contributed by atoms with E-state index in [0.717, 1.165) is 60.0 Å². The monoisotopic (exact) mass is 1060 g/mol. The molecule has 0 bridgehead atoms. The lowest BCUT2D eigenvalue weighted by Gasteiger charge is -2.20. The molecule has 4 saturated heterocycles. The van der Waals surface area contributed by atoms with Crippen LogP contribution in [0.2, 0.25) is 0 Å². The molecule has 7 rings (SSSR count). The maximum atomic E-state index is 13.7. The molecule has 20 nitrogen and oxygen atoms in total. The molecule has 8 amide bonds. The fourth-order valence-electron chi connectivity index (χ4n) is 8.56. The van der Waals surface area contributed by atoms with Crippen LogP contribution in [0.4, 0.5) is 9.59 Å². The van der Waals surface area contributed by atoms with Gasteiger partial charge in [-0.2, -0.15) is 11.8 Å². The lowest BCUT2D eigenvalue weighted by molar-refractivity contribution is -0.141. The van der Waals surface area contributed by atoms with Gasteiger partial charge in [0.15, 0.2) is 0 Å². The number of hydrogen-bond donors (Lipinski definition) is 7. The summed E-state index contributed by atoms with van der Waals surface area (Å²) in [5.41, 5.74) is 9.68. The first-order valence-electron chi connectivity index (χ1n) is 25.5. The van der Waals surface area contributed by atoms with Gasteiger partial charge in [-0.15, -0.1) is 0 Å². The number of benzene rings is 2. The van der Waals surface area contributed by atoms with Crippen LogP contribution in [0.5, 0.6) is 5.75 Å². The van der Waals surface area contributed by atoms with Crippen LogP contribution in [0, 0.1) is 0 Å². The van der Waals surface area contributed by atoms with E-state index in [9.17, 15) is 33.6 Å². The van der Waals surface area contributed by atoms with Crippen molar-refractivity contribution in [2.24, 2.45) is 0 Å². The predicted octanol–water partition coefficient (Wildman–Crippen LogP) is 3.66. The van der Waals surface area contributed by atoms with Crippen molar-refractivity contribution in [3.05, 3.63) is 94.8 Å². The second-order valence-corrected chi connectivity index (χ2v) is 21.1. The van der Waals surface area contributed by atoms with Crippen LogP contribution in [-0.4, -0.2) is 144 Å². The molecule has 400 valence electrons. The van der Waals surface area contributed by atoms with E-state index in [-0.39, 0.29) is 42.6 Å². The molecule has 4 aliphatic heterocycles. The number of hydrazine groups is 1. The molecule has 0 radical (unpaired) electrons. The van der Waals surface area contributed by atoms with E-state index in [2.05, 4.69) is 55.4 Å². The van der Waals surface area contributed by atoms with Crippen molar-refractivity contribution in [3.8, 4) is 5.75 Å². The van der Waals surface area contributed by atoms with E-state index in [1.807, 2.05) is 43.1 Å². The fourth-order valence-corrected chi connectivity index (χ4v) is 11.1. The molecule has 7 N–H and O–H groups in total. The molecule has 4 aliphatic rings. The number of aryl methyl sites for hydroxylation is 1. The highest BCUT2D eigenvalue weighted by Crippen LogP contribution is 2.34. The number of urea groups is 1. The summed E-state index contributed by atoms with van der Waals surface area (Å²) in [6.07, 6.45) is 7.32. The SMILES string of the molecule is CCc1ccc(CCOc2ccc(CC3SC(=O)N(C(=O)C[C@@H](NC(=O)c4ccc(C5(C)NN5)cc4)C(=O)NCCCOCCOCCOCCCNC(=O)CCCC[C@@H]4SC[C@@H]5NC(=O)N[C@@H]54)C3=O)cc2)nc1. The molecule has 1 unspecified atom stereocenters. The van der Waals surface area contributed by atoms with Gasteiger partial charge in [0, 0.05) is 67.6 Å². The average Bonchev–Trinajstić information content (AvgIpc) is 3.74. The van der Waals surface area contributed by atoms with Gasteiger partial charge >= 0.3 is 6.03 Å². The summed E-state index contributed by atoms with van der Waals surface area (Å²) >= 11 is 2.63. The summed E-state index contributed by atoms with van der Waals surface area (Å²) in [5.74, 6) is -1.25. The number of carbonyl (C=O) groups excluding carboxylic acids is 7. The lowest BCUT2D eigenvalue weighted by atomic mass is 10.0. The fraction of sp³-hybridized carbons (Fsp3) is 0.538. The maximum absolute atomic E-state index is 13.7. The van der Waals surface area contributed by atoms with E-state index in [4.69, 9.17) is 18.9 Å². The number of carbonyl (C=O) groups is 7. The summed E-state index contributed by atoms with van der Waals surface area (Å²) in [5, 5.41) is 13.1. The van der Waals surface area contributed by atoms with E-state index in [1.54, 1.807) is 36.4 Å². The quantitative estimate of drug-likeness (QED) is 0.0267. The van der Waals surface area contributed by atoms with Crippen molar-refractivity contribution in [2.75, 3.05) is 65.1 Å². The smallest absolute Gasteiger partial charge is 0.315 e. The summed E-state index contributed by atoms with van der Waals surface area (Å²) < 4.78 is 22.7. The summed E-state index contributed by atoms with van der Waals surface area (Å²) in [4.78, 5) is 96.3. The van der Waals surface area contributed by atoms with Gasteiger partial charge in [0.05, 0.1) is 56.8 Å².